The summed E-state index contributed by atoms with van der Waals surface area (Å²) in [6, 6.07) is 0.151. The molecule has 2 N–H and O–H groups in total. The molecule has 2 saturated carbocycles. The maximum Gasteiger partial charge on any atom is 0.227 e. The second kappa shape index (κ2) is 5.38. The predicted octanol–water partition coefficient (Wildman–Crippen LogP) is 2.04. The molecule has 1 aliphatic heterocycles. The number of rotatable bonds is 1. The van der Waals surface area contributed by atoms with E-state index in [9.17, 15) is 4.79 Å². The van der Waals surface area contributed by atoms with Crippen LogP contribution in [0.4, 0.5) is 0 Å². The van der Waals surface area contributed by atoms with Gasteiger partial charge in [-0.3, -0.25) is 4.79 Å². The summed E-state index contributed by atoms with van der Waals surface area (Å²) in [5.74, 6) is 2.42. The number of fused-ring (bicyclic) bond motifs is 2. The molecule has 4 heteroatoms. The summed E-state index contributed by atoms with van der Waals surface area (Å²) in [7, 11) is 0. The van der Waals surface area contributed by atoms with Gasteiger partial charge in [-0.05, 0) is 49.9 Å². The van der Waals surface area contributed by atoms with Crippen molar-refractivity contribution >= 4 is 18.3 Å². The molecular formula is C14H25ClN2O. The number of likely N-dealkylation sites (tertiary alicyclic amines) is 1. The van der Waals surface area contributed by atoms with Gasteiger partial charge in [0.2, 0.25) is 5.91 Å². The van der Waals surface area contributed by atoms with Gasteiger partial charge in [-0.2, -0.15) is 0 Å². The molecule has 5 unspecified atom stereocenters. The molecule has 0 spiro atoms. The molecule has 3 aliphatic rings. The number of nitrogens with two attached hydrogens (primary N) is 1. The van der Waals surface area contributed by atoms with Crippen molar-refractivity contribution in [1.29, 1.82) is 0 Å². The Kier molecular flexibility index (Phi) is 4.22. The van der Waals surface area contributed by atoms with Gasteiger partial charge < -0.3 is 10.6 Å². The molecule has 0 aromatic heterocycles. The van der Waals surface area contributed by atoms with Crippen molar-refractivity contribution in [2.75, 3.05) is 13.1 Å². The summed E-state index contributed by atoms with van der Waals surface area (Å²) in [5.41, 5.74) is 6.26. The predicted molar refractivity (Wildman–Crippen MR) is 74.5 cm³/mol. The van der Waals surface area contributed by atoms with Crippen molar-refractivity contribution in [3.05, 3.63) is 0 Å². The van der Waals surface area contributed by atoms with E-state index in [0.29, 0.717) is 23.7 Å². The molecule has 1 saturated heterocycles. The summed E-state index contributed by atoms with van der Waals surface area (Å²) < 4.78 is 0. The lowest BCUT2D eigenvalue weighted by atomic mass is 9.83. The minimum atomic E-state index is 0. The van der Waals surface area contributed by atoms with Gasteiger partial charge in [0.25, 0.3) is 0 Å². The van der Waals surface area contributed by atoms with Gasteiger partial charge in [-0.15, -0.1) is 12.4 Å². The van der Waals surface area contributed by atoms with Crippen LogP contribution in [0.3, 0.4) is 0 Å². The number of carbonyl (C=O) groups is 1. The van der Waals surface area contributed by atoms with E-state index in [2.05, 4.69) is 11.8 Å². The Morgan fingerprint density at radius 3 is 2.56 bits per heavy atom. The molecular weight excluding hydrogens is 248 g/mol. The van der Waals surface area contributed by atoms with Crippen LogP contribution in [0.5, 0.6) is 0 Å². The summed E-state index contributed by atoms with van der Waals surface area (Å²) in [5, 5.41) is 0. The lowest BCUT2D eigenvalue weighted by molar-refractivity contribution is -0.139. The number of nitrogens with zero attached hydrogens (tertiary/aromatic N) is 1. The molecule has 3 rings (SSSR count). The standard InChI is InChI=1S/C14H24N2O.ClH/c1-9-3-2-6-16(8-9)14(17)12-10-4-5-11(7-10)13(12)15;/h9-13H,2-8,15H2,1H3;1H. The Bertz CT molecular complexity index is 321. The van der Waals surface area contributed by atoms with Crippen molar-refractivity contribution in [2.45, 2.75) is 45.1 Å². The molecule has 0 aromatic carbocycles. The van der Waals surface area contributed by atoms with Gasteiger partial charge in [0, 0.05) is 19.1 Å². The first kappa shape index (κ1) is 14.1. The maximum atomic E-state index is 12.6. The molecule has 0 aromatic rings. The molecule has 104 valence electrons. The van der Waals surface area contributed by atoms with E-state index in [1.165, 1.54) is 32.1 Å². The highest BCUT2D eigenvalue weighted by Gasteiger charge is 2.50. The van der Waals surface area contributed by atoms with E-state index in [1.807, 2.05) is 0 Å². The van der Waals surface area contributed by atoms with Gasteiger partial charge in [-0.1, -0.05) is 6.92 Å². The Balaban J connectivity index is 0.00000120. The fraction of sp³-hybridized carbons (Fsp3) is 0.929. The summed E-state index contributed by atoms with van der Waals surface area (Å²) in [6.45, 7) is 4.17. The first-order valence-electron chi connectivity index (χ1n) is 7.21. The zero-order valence-electron chi connectivity index (χ0n) is 11.2. The molecule has 5 atom stereocenters. The van der Waals surface area contributed by atoms with E-state index >= 15 is 0 Å². The fourth-order valence-electron chi connectivity index (χ4n) is 4.30. The monoisotopic (exact) mass is 272 g/mol. The normalized spacial score (nSPS) is 42.8. The van der Waals surface area contributed by atoms with Crippen molar-refractivity contribution < 1.29 is 4.79 Å². The highest BCUT2D eigenvalue weighted by molar-refractivity contribution is 5.85. The van der Waals surface area contributed by atoms with Gasteiger partial charge in [0.1, 0.15) is 0 Å². The van der Waals surface area contributed by atoms with Gasteiger partial charge >= 0.3 is 0 Å². The van der Waals surface area contributed by atoms with Crippen LogP contribution < -0.4 is 5.73 Å². The number of piperidine rings is 1. The molecule has 1 heterocycles. The molecule has 18 heavy (non-hydrogen) atoms. The van der Waals surface area contributed by atoms with Crippen LogP contribution in [0.2, 0.25) is 0 Å². The van der Waals surface area contributed by atoms with Crippen molar-refractivity contribution in [3.63, 3.8) is 0 Å². The lowest BCUT2D eigenvalue weighted by Gasteiger charge is -2.36. The SMILES string of the molecule is CC1CCCN(C(=O)C2C3CCC(C3)C2N)C1.Cl. The van der Waals surface area contributed by atoms with Crippen LogP contribution >= 0.6 is 12.4 Å². The Morgan fingerprint density at radius 2 is 1.94 bits per heavy atom. The largest absolute Gasteiger partial charge is 0.342 e. The third-order valence-corrected chi connectivity index (χ3v) is 5.23. The third kappa shape index (κ3) is 2.27. The van der Waals surface area contributed by atoms with Crippen LogP contribution in [0.1, 0.15) is 39.0 Å². The smallest absolute Gasteiger partial charge is 0.227 e. The van der Waals surface area contributed by atoms with Crippen LogP contribution in [-0.2, 0) is 4.79 Å². The minimum absolute atomic E-state index is 0. The second-order valence-electron chi connectivity index (χ2n) is 6.47. The van der Waals surface area contributed by atoms with Crippen LogP contribution in [-0.4, -0.2) is 29.9 Å². The first-order chi connectivity index (χ1) is 8.16. The van der Waals surface area contributed by atoms with Crippen LogP contribution in [0, 0.1) is 23.7 Å². The topological polar surface area (TPSA) is 46.3 Å². The quantitative estimate of drug-likeness (QED) is 0.794. The number of carbonyl (C=O) groups excluding carboxylic acids is 1. The Morgan fingerprint density at radius 1 is 1.22 bits per heavy atom. The number of amides is 1. The summed E-state index contributed by atoms with van der Waals surface area (Å²) in [6.07, 6.45) is 6.14. The van der Waals surface area contributed by atoms with E-state index in [1.54, 1.807) is 0 Å². The second-order valence-corrected chi connectivity index (χ2v) is 6.47. The van der Waals surface area contributed by atoms with E-state index < -0.39 is 0 Å². The Labute approximate surface area is 116 Å². The summed E-state index contributed by atoms with van der Waals surface area (Å²) >= 11 is 0. The van der Waals surface area contributed by atoms with Gasteiger partial charge in [-0.25, -0.2) is 0 Å². The molecule has 2 aliphatic carbocycles. The zero-order chi connectivity index (χ0) is 12.0. The van der Waals surface area contributed by atoms with Gasteiger partial charge in [0.15, 0.2) is 0 Å². The average Bonchev–Trinajstić information content (AvgIpc) is 2.88. The van der Waals surface area contributed by atoms with E-state index in [0.717, 1.165) is 13.1 Å². The van der Waals surface area contributed by atoms with Gasteiger partial charge in [0.05, 0.1) is 5.92 Å². The number of halogens is 1. The molecule has 1 amide bonds. The zero-order valence-corrected chi connectivity index (χ0v) is 12.0. The molecule has 3 fully saturated rings. The Hall–Kier alpha value is -0.280. The van der Waals surface area contributed by atoms with Crippen molar-refractivity contribution in [1.82, 2.24) is 4.90 Å². The maximum absolute atomic E-state index is 12.6. The summed E-state index contributed by atoms with van der Waals surface area (Å²) in [4.78, 5) is 14.7. The highest BCUT2D eigenvalue weighted by atomic mass is 35.5. The van der Waals surface area contributed by atoms with Crippen molar-refractivity contribution in [3.8, 4) is 0 Å². The third-order valence-electron chi connectivity index (χ3n) is 5.23. The highest BCUT2D eigenvalue weighted by Crippen LogP contribution is 2.48. The van der Waals surface area contributed by atoms with E-state index in [4.69, 9.17) is 5.73 Å². The van der Waals surface area contributed by atoms with Crippen LogP contribution in [0.25, 0.3) is 0 Å². The lowest BCUT2D eigenvalue weighted by Crippen LogP contribution is -2.49. The number of hydrogen-bond donors (Lipinski definition) is 1. The first-order valence-corrected chi connectivity index (χ1v) is 7.21. The van der Waals surface area contributed by atoms with Crippen molar-refractivity contribution in [2.24, 2.45) is 29.4 Å². The fourth-order valence-corrected chi connectivity index (χ4v) is 4.30. The molecule has 0 radical (unpaired) electrons. The average molecular weight is 273 g/mol. The number of hydrogen-bond acceptors (Lipinski definition) is 2. The minimum Gasteiger partial charge on any atom is -0.342 e. The van der Waals surface area contributed by atoms with Crippen LogP contribution in [0.15, 0.2) is 0 Å². The molecule has 3 nitrogen and oxygen atoms in total. The van der Waals surface area contributed by atoms with E-state index in [-0.39, 0.29) is 24.4 Å². The molecule has 2 bridgehead atoms.